The zero-order chi connectivity index (χ0) is 11.9. The molecule has 0 aromatic heterocycles. The van der Waals surface area contributed by atoms with Crippen molar-refractivity contribution >= 4 is 6.08 Å². The van der Waals surface area contributed by atoms with Gasteiger partial charge in [0.15, 0.2) is 0 Å². The van der Waals surface area contributed by atoms with E-state index in [4.69, 9.17) is 0 Å². The average Bonchev–Trinajstić information content (AvgIpc) is 2.42. The highest BCUT2D eigenvalue weighted by Gasteiger charge is 2.03. The molecule has 0 aliphatic heterocycles. The van der Waals surface area contributed by atoms with Crippen LogP contribution in [0.1, 0.15) is 30.4 Å². The van der Waals surface area contributed by atoms with E-state index in [1.807, 2.05) is 6.07 Å². The summed E-state index contributed by atoms with van der Waals surface area (Å²) in [4.78, 5) is 0. The SMILES string of the molecule is CCC(/C=C/c1ccccc1)c1ccccc1. The van der Waals surface area contributed by atoms with Crippen molar-refractivity contribution in [3.63, 3.8) is 0 Å². The van der Waals surface area contributed by atoms with E-state index < -0.39 is 0 Å². The van der Waals surface area contributed by atoms with Crippen LogP contribution in [0.15, 0.2) is 66.7 Å². The highest BCUT2D eigenvalue weighted by molar-refractivity contribution is 5.50. The first-order chi connectivity index (χ1) is 8.40. The predicted octanol–water partition coefficient (Wildman–Crippen LogP) is 4.89. The smallest absolute Gasteiger partial charge is 0.00186 e. The van der Waals surface area contributed by atoms with Gasteiger partial charge in [0.05, 0.1) is 0 Å². The zero-order valence-electron chi connectivity index (χ0n) is 10.2. The van der Waals surface area contributed by atoms with E-state index in [1.165, 1.54) is 11.1 Å². The van der Waals surface area contributed by atoms with Crippen LogP contribution in [-0.4, -0.2) is 0 Å². The Morgan fingerprint density at radius 3 is 2.06 bits per heavy atom. The summed E-state index contributed by atoms with van der Waals surface area (Å²) in [5.74, 6) is 0.511. The molecule has 2 aromatic carbocycles. The summed E-state index contributed by atoms with van der Waals surface area (Å²) < 4.78 is 0. The second-order valence-electron chi connectivity index (χ2n) is 4.20. The van der Waals surface area contributed by atoms with Crippen molar-refractivity contribution in [2.75, 3.05) is 0 Å². The van der Waals surface area contributed by atoms with Gasteiger partial charge in [-0.25, -0.2) is 0 Å². The average molecular weight is 222 g/mol. The lowest BCUT2D eigenvalue weighted by molar-refractivity contribution is 0.808. The van der Waals surface area contributed by atoms with Crippen LogP contribution in [0.5, 0.6) is 0 Å². The number of hydrogen-bond donors (Lipinski definition) is 0. The van der Waals surface area contributed by atoms with Crippen LogP contribution in [0.25, 0.3) is 6.08 Å². The molecule has 0 bridgehead atoms. The minimum absolute atomic E-state index is 0.511. The molecule has 0 radical (unpaired) electrons. The molecule has 0 N–H and O–H groups in total. The zero-order valence-corrected chi connectivity index (χ0v) is 10.2. The molecule has 2 aromatic rings. The summed E-state index contributed by atoms with van der Waals surface area (Å²) >= 11 is 0. The van der Waals surface area contributed by atoms with Gasteiger partial charge in [-0.3, -0.25) is 0 Å². The van der Waals surface area contributed by atoms with Gasteiger partial charge in [0, 0.05) is 5.92 Å². The lowest BCUT2D eigenvalue weighted by Gasteiger charge is -2.10. The molecule has 0 heteroatoms. The van der Waals surface area contributed by atoms with Gasteiger partial charge in [-0.2, -0.15) is 0 Å². The summed E-state index contributed by atoms with van der Waals surface area (Å²) in [7, 11) is 0. The van der Waals surface area contributed by atoms with Crippen LogP contribution in [0.4, 0.5) is 0 Å². The normalized spacial score (nSPS) is 12.8. The van der Waals surface area contributed by atoms with E-state index in [0.717, 1.165) is 6.42 Å². The molecule has 0 saturated carbocycles. The van der Waals surface area contributed by atoms with Crippen molar-refractivity contribution in [1.82, 2.24) is 0 Å². The summed E-state index contributed by atoms with van der Waals surface area (Å²) in [6, 6.07) is 21.1. The molecule has 1 unspecified atom stereocenters. The Morgan fingerprint density at radius 2 is 1.47 bits per heavy atom. The molecule has 0 aliphatic rings. The molecular formula is C17H18. The molecule has 2 rings (SSSR count). The van der Waals surface area contributed by atoms with Crippen LogP contribution in [-0.2, 0) is 0 Å². The fourth-order valence-electron chi connectivity index (χ4n) is 1.97. The lowest BCUT2D eigenvalue weighted by Crippen LogP contribution is -1.92. The maximum absolute atomic E-state index is 2.30. The van der Waals surface area contributed by atoms with Crippen molar-refractivity contribution in [1.29, 1.82) is 0 Å². The molecular weight excluding hydrogens is 204 g/mol. The van der Waals surface area contributed by atoms with Crippen molar-refractivity contribution < 1.29 is 0 Å². The third-order valence-corrected chi connectivity index (χ3v) is 2.99. The topological polar surface area (TPSA) is 0 Å². The first-order valence-electron chi connectivity index (χ1n) is 6.18. The first-order valence-corrected chi connectivity index (χ1v) is 6.18. The molecule has 0 saturated heterocycles. The van der Waals surface area contributed by atoms with E-state index in [2.05, 4.69) is 73.7 Å². The van der Waals surface area contributed by atoms with Crippen LogP contribution in [0, 0.1) is 0 Å². The monoisotopic (exact) mass is 222 g/mol. The quantitative estimate of drug-likeness (QED) is 0.690. The van der Waals surface area contributed by atoms with E-state index in [0.29, 0.717) is 5.92 Å². The molecule has 1 atom stereocenters. The van der Waals surface area contributed by atoms with E-state index in [9.17, 15) is 0 Å². The maximum Gasteiger partial charge on any atom is 0.00186 e. The highest BCUT2D eigenvalue weighted by atomic mass is 14.1. The largest absolute Gasteiger partial charge is 0.0764 e. The summed E-state index contributed by atoms with van der Waals surface area (Å²) in [6.45, 7) is 2.23. The number of benzene rings is 2. The van der Waals surface area contributed by atoms with E-state index in [-0.39, 0.29) is 0 Å². The maximum atomic E-state index is 2.30. The van der Waals surface area contributed by atoms with Crippen LogP contribution >= 0.6 is 0 Å². The number of allylic oxidation sites excluding steroid dienone is 1. The Kier molecular flexibility index (Phi) is 4.15. The van der Waals surface area contributed by atoms with Gasteiger partial charge in [0.2, 0.25) is 0 Å². The molecule has 0 aliphatic carbocycles. The fourth-order valence-corrected chi connectivity index (χ4v) is 1.97. The Hall–Kier alpha value is -1.82. The standard InChI is InChI=1S/C17H18/c1-2-16(17-11-7-4-8-12-17)14-13-15-9-5-3-6-10-15/h3-14,16H,2H2,1H3/b14-13+. The molecule has 0 amide bonds. The van der Waals surface area contributed by atoms with Gasteiger partial charge in [-0.05, 0) is 17.5 Å². The van der Waals surface area contributed by atoms with Crippen molar-refractivity contribution in [2.24, 2.45) is 0 Å². The number of rotatable bonds is 4. The Morgan fingerprint density at radius 1 is 0.882 bits per heavy atom. The van der Waals surface area contributed by atoms with Crippen LogP contribution in [0.2, 0.25) is 0 Å². The van der Waals surface area contributed by atoms with Gasteiger partial charge in [0.25, 0.3) is 0 Å². The van der Waals surface area contributed by atoms with Gasteiger partial charge in [0.1, 0.15) is 0 Å². The Labute approximate surface area is 104 Å². The third kappa shape index (κ3) is 3.32. The summed E-state index contributed by atoms with van der Waals surface area (Å²) in [6.07, 6.45) is 5.64. The minimum atomic E-state index is 0.511. The van der Waals surface area contributed by atoms with E-state index in [1.54, 1.807) is 0 Å². The Bertz CT molecular complexity index is 454. The molecule has 86 valence electrons. The predicted molar refractivity (Wildman–Crippen MR) is 75.0 cm³/mol. The van der Waals surface area contributed by atoms with Gasteiger partial charge in [-0.1, -0.05) is 79.7 Å². The van der Waals surface area contributed by atoms with Gasteiger partial charge >= 0.3 is 0 Å². The lowest BCUT2D eigenvalue weighted by atomic mass is 9.95. The fraction of sp³-hybridized carbons (Fsp3) is 0.176. The molecule has 0 heterocycles. The second-order valence-corrected chi connectivity index (χ2v) is 4.20. The van der Waals surface area contributed by atoms with Gasteiger partial charge < -0.3 is 0 Å². The summed E-state index contributed by atoms with van der Waals surface area (Å²) in [5, 5.41) is 0. The van der Waals surface area contributed by atoms with Crippen molar-refractivity contribution in [3.8, 4) is 0 Å². The van der Waals surface area contributed by atoms with Crippen molar-refractivity contribution in [3.05, 3.63) is 77.9 Å². The van der Waals surface area contributed by atoms with Crippen molar-refractivity contribution in [2.45, 2.75) is 19.3 Å². The van der Waals surface area contributed by atoms with Crippen LogP contribution in [0.3, 0.4) is 0 Å². The molecule has 0 nitrogen and oxygen atoms in total. The number of hydrogen-bond acceptors (Lipinski definition) is 0. The van der Waals surface area contributed by atoms with Gasteiger partial charge in [-0.15, -0.1) is 0 Å². The minimum Gasteiger partial charge on any atom is -0.0764 e. The molecule has 0 fully saturated rings. The Balaban J connectivity index is 2.14. The van der Waals surface area contributed by atoms with Crippen LogP contribution < -0.4 is 0 Å². The first kappa shape index (κ1) is 11.7. The molecule has 17 heavy (non-hydrogen) atoms. The third-order valence-electron chi connectivity index (χ3n) is 2.99. The molecule has 0 spiro atoms. The second kappa shape index (κ2) is 6.05. The summed E-state index contributed by atoms with van der Waals surface area (Å²) in [5.41, 5.74) is 2.66. The highest BCUT2D eigenvalue weighted by Crippen LogP contribution is 2.21. The van der Waals surface area contributed by atoms with E-state index >= 15 is 0 Å².